The van der Waals surface area contributed by atoms with Crippen LogP contribution in [-0.4, -0.2) is 75.5 Å². The van der Waals surface area contributed by atoms with Crippen LogP contribution >= 0.6 is 0 Å². The minimum Gasteiger partial charge on any atom is -0.480 e. The number of aromatic nitrogens is 4. The minimum atomic E-state index is -1.72. The summed E-state index contributed by atoms with van der Waals surface area (Å²) in [6.45, 7) is 1.56. The summed E-state index contributed by atoms with van der Waals surface area (Å²) in [4.78, 5) is 44.2. The Bertz CT molecular complexity index is 1230. The average Bonchev–Trinajstić information content (AvgIpc) is 2.71. The van der Waals surface area contributed by atoms with Crippen LogP contribution in [-0.2, 0) is 17.9 Å². The summed E-state index contributed by atoms with van der Waals surface area (Å²) < 4.78 is 1.74. The maximum atomic E-state index is 12.8. The van der Waals surface area contributed by atoms with Crippen LogP contribution in [0.15, 0.2) is 21.7 Å². The zero-order valence-electron chi connectivity index (χ0n) is 16.8. The Morgan fingerprint density at radius 1 is 1.03 bits per heavy atom. The molecule has 0 spiro atoms. The molecule has 0 bridgehead atoms. The molecular formula is C19H22N4O8. The van der Waals surface area contributed by atoms with E-state index in [-0.39, 0.29) is 11.5 Å². The molecule has 166 valence electrons. The Hall–Kier alpha value is -3.19. The van der Waals surface area contributed by atoms with Gasteiger partial charge in [-0.3, -0.25) is 9.59 Å². The molecule has 0 aromatic heterocycles. The molecule has 3 rings (SSSR count). The lowest BCUT2D eigenvalue weighted by Gasteiger charge is -2.25. The molecular weight excluding hydrogens is 412 g/mol. The van der Waals surface area contributed by atoms with E-state index in [1.807, 2.05) is 13.8 Å². The van der Waals surface area contributed by atoms with Crippen molar-refractivity contribution in [2.24, 2.45) is 0 Å². The standard InChI is InChI=1S/C19H22N4O8/c1-8-3-10-11(4-9(8)2)22(5-12(25)16(29)13(26)7-24)17-15(20-10)18(30)23(6-14(27)28)19(31)21-17/h3-4,12-13,16,24-26,29H,5-7H2,1-2H3,(H,27,28)/t12-,13+,16-/m1/s1. The number of hydrogen-bond acceptors (Lipinski definition) is 9. The van der Waals surface area contributed by atoms with Gasteiger partial charge in [0.05, 0.1) is 24.2 Å². The van der Waals surface area contributed by atoms with Crippen LogP contribution in [0.25, 0.3) is 22.6 Å². The summed E-state index contributed by atoms with van der Waals surface area (Å²) in [5.74, 6) is -1.62. The first-order chi connectivity index (χ1) is 14.5. The normalized spacial score (nSPS) is 14.6. The van der Waals surface area contributed by atoms with Crippen molar-refractivity contribution in [3.63, 3.8) is 0 Å². The second-order valence-corrected chi connectivity index (χ2v) is 7.31. The summed E-state index contributed by atoms with van der Waals surface area (Å²) in [6.07, 6.45) is -4.93. The molecule has 12 nitrogen and oxygen atoms in total. The molecule has 0 fully saturated rings. The number of carboxylic acids is 1. The summed E-state index contributed by atoms with van der Waals surface area (Å²) in [7, 11) is 0. The third-order valence-corrected chi connectivity index (χ3v) is 5.10. The smallest absolute Gasteiger partial charge is 0.353 e. The first-order valence-corrected chi connectivity index (χ1v) is 9.34. The third kappa shape index (κ3) is 4.18. The van der Waals surface area contributed by atoms with E-state index in [1.54, 1.807) is 12.1 Å². The molecule has 5 N–H and O–H groups in total. The Kier molecular flexibility index (Phi) is 6.18. The first kappa shape index (κ1) is 22.5. The van der Waals surface area contributed by atoms with E-state index in [2.05, 4.69) is 9.97 Å². The fourth-order valence-electron chi connectivity index (χ4n) is 3.25. The Morgan fingerprint density at radius 3 is 2.29 bits per heavy atom. The number of fused-ring (bicyclic) bond motifs is 2. The van der Waals surface area contributed by atoms with Crippen LogP contribution in [0.1, 0.15) is 11.1 Å². The molecule has 0 saturated heterocycles. The van der Waals surface area contributed by atoms with Crippen molar-refractivity contribution >= 4 is 17.0 Å². The van der Waals surface area contributed by atoms with Gasteiger partial charge in [0.2, 0.25) is 0 Å². The molecule has 0 aliphatic carbocycles. The second-order valence-electron chi connectivity index (χ2n) is 7.31. The number of aryl methyl sites for hydroxylation is 2. The fraction of sp³-hybridized carbons (Fsp3) is 0.421. The highest BCUT2D eigenvalue weighted by molar-refractivity contribution is 5.81. The molecule has 2 aliphatic rings. The average molecular weight is 434 g/mol. The lowest BCUT2D eigenvalue weighted by atomic mass is 10.1. The van der Waals surface area contributed by atoms with Crippen molar-refractivity contribution in [3.8, 4) is 11.5 Å². The predicted molar refractivity (Wildman–Crippen MR) is 107 cm³/mol. The number of carbonyl (C=O) groups is 1. The van der Waals surface area contributed by atoms with Gasteiger partial charge in [-0.25, -0.2) is 14.3 Å². The lowest BCUT2D eigenvalue weighted by molar-refractivity contribution is -0.137. The maximum Gasteiger partial charge on any atom is 0.353 e. The molecule has 12 heteroatoms. The van der Waals surface area contributed by atoms with E-state index in [0.717, 1.165) is 11.1 Å². The van der Waals surface area contributed by atoms with Gasteiger partial charge in [0.1, 0.15) is 24.9 Å². The van der Waals surface area contributed by atoms with Gasteiger partial charge >= 0.3 is 11.7 Å². The van der Waals surface area contributed by atoms with Crippen molar-refractivity contribution in [1.29, 1.82) is 0 Å². The van der Waals surface area contributed by atoms with Crippen LogP contribution in [0.3, 0.4) is 0 Å². The quantitative estimate of drug-likeness (QED) is 0.256. The molecule has 2 aliphatic heterocycles. The predicted octanol–water partition coefficient (Wildman–Crippen LogP) is -2.17. The highest BCUT2D eigenvalue weighted by Gasteiger charge is 2.28. The number of nitrogens with zero attached hydrogens (tertiary/aromatic N) is 4. The van der Waals surface area contributed by atoms with E-state index in [9.17, 15) is 29.7 Å². The van der Waals surface area contributed by atoms with Gasteiger partial charge in [0.25, 0.3) is 5.56 Å². The molecule has 0 radical (unpaired) electrons. The van der Waals surface area contributed by atoms with E-state index in [4.69, 9.17) is 10.2 Å². The lowest BCUT2D eigenvalue weighted by Crippen LogP contribution is -2.43. The van der Waals surface area contributed by atoms with Gasteiger partial charge < -0.3 is 30.1 Å². The van der Waals surface area contributed by atoms with E-state index < -0.39 is 55.2 Å². The highest BCUT2D eigenvalue weighted by Crippen LogP contribution is 2.24. The molecule has 0 unspecified atom stereocenters. The van der Waals surface area contributed by atoms with Crippen molar-refractivity contribution in [2.45, 2.75) is 45.2 Å². The number of hydrogen-bond donors (Lipinski definition) is 5. The number of benzene rings is 1. The Balaban J connectivity index is 2.33. The molecule has 1 aromatic carbocycles. The number of aliphatic carboxylic acids is 1. The Morgan fingerprint density at radius 2 is 1.68 bits per heavy atom. The van der Waals surface area contributed by atoms with E-state index in [0.29, 0.717) is 15.6 Å². The van der Waals surface area contributed by atoms with Crippen LogP contribution in [0.2, 0.25) is 0 Å². The first-order valence-electron chi connectivity index (χ1n) is 9.34. The Labute approximate surface area is 174 Å². The van der Waals surface area contributed by atoms with Gasteiger partial charge in [0, 0.05) is 0 Å². The van der Waals surface area contributed by atoms with Crippen LogP contribution in [0.4, 0.5) is 0 Å². The SMILES string of the molecule is Cc1cc2nc3c(=O)n(CC(=O)O)c(=O)nc-3n(C[C@@H](O)[C@@H](O)[C@@H](O)CO)c2cc1C. The van der Waals surface area contributed by atoms with Crippen LogP contribution in [0, 0.1) is 13.8 Å². The number of carboxylic acid groups (broad SMARTS) is 1. The maximum absolute atomic E-state index is 12.8. The number of rotatable bonds is 7. The molecule has 3 atom stereocenters. The van der Waals surface area contributed by atoms with Crippen LogP contribution in [0.5, 0.6) is 0 Å². The topological polar surface area (TPSA) is 188 Å². The van der Waals surface area contributed by atoms with E-state index in [1.165, 1.54) is 4.57 Å². The zero-order chi connectivity index (χ0) is 23.0. The van der Waals surface area contributed by atoms with Crippen LogP contribution < -0.4 is 11.2 Å². The summed E-state index contributed by atoms with van der Waals surface area (Å²) in [5, 5.41) is 48.1. The zero-order valence-corrected chi connectivity index (χ0v) is 16.8. The summed E-state index contributed by atoms with van der Waals surface area (Å²) in [6, 6.07) is 3.38. The summed E-state index contributed by atoms with van der Waals surface area (Å²) >= 11 is 0. The largest absolute Gasteiger partial charge is 0.480 e. The van der Waals surface area contributed by atoms with Crippen molar-refractivity contribution in [3.05, 3.63) is 44.1 Å². The molecule has 0 saturated carbocycles. The monoisotopic (exact) mass is 434 g/mol. The molecule has 0 amide bonds. The van der Waals surface area contributed by atoms with Crippen molar-refractivity contribution in [1.82, 2.24) is 19.1 Å². The molecule has 31 heavy (non-hydrogen) atoms. The fourth-order valence-corrected chi connectivity index (χ4v) is 3.25. The second kappa shape index (κ2) is 8.51. The number of aliphatic hydroxyl groups is 4. The van der Waals surface area contributed by atoms with Gasteiger partial charge in [-0.1, -0.05) is 0 Å². The molecule has 1 aromatic rings. The van der Waals surface area contributed by atoms with Crippen molar-refractivity contribution in [2.75, 3.05) is 6.61 Å². The minimum absolute atomic E-state index is 0.211. The number of aliphatic hydroxyl groups excluding tert-OH is 4. The van der Waals surface area contributed by atoms with Gasteiger partial charge in [0.15, 0.2) is 11.5 Å². The highest BCUT2D eigenvalue weighted by atomic mass is 16.4. The van der Waals surface area contributed by atoms with Gasteiger partial charge in [-0.05, 0) is 37.1 Å². The van der Waals surface area contributed by atoms with Gasteiger partial charge in [-0.2, -0.15) is 4.98 Å². The third-order valence-electron chi connectivity index (χ3n) is 5.10. The van der Waals surface area contributed by atoms with Gasteiger partial charge in [-0.15, -0.1) is 0 Å². The summed E-state index contributed by atoms with van der Waals surface area (Å²) in [5.41, 5.74) is 0.0414. The van der Waals surface area contributed by atoms with Crippen molar-refractivity contribution < 1.29 is 30.3 Å². The molecule has 2 heterocycles. The van der Waals surface area contributed by atoms with E-state index >= 15 is 0 Å².